The van der Waals surface area contributed by atoms with Crippen LogP contribution in [0.3, 0.4) is 0 Å². The number of rotatable bonds is 11. The third kappa shape index (κ3) is 8.59. The molecule has 0 radical (unpaired) electrons. The Morgan fingerprint density at radius 3 is 1.66 bits per heavy atom. The summed E-state index contributed by atoms with van der Waals surface area (Å²) in [6, 6.07) is 58.3. The van der Waals surface area contributed by atoms with Crippen molar-refractivity contribution < 1.29 is 23.2 Å². The van der Waals surface area contributed by atoms with E-state index in [1.807, 2.05) is 114 Å². The Kier molecular flexibility index (Phi) is 9.23. The van der Waals surface area contributed by atoms with E-state index >= 15 is 0 Å². The highest BCUT2D eigenvalue weighted by atomic mass is 16.5. The smallest absolute Gasteiger partial charge is 0.143 e. The highest BCUT2D eigenvalue weighted by Crippen LogP contribution is 2.51. The summed E-state index contributed by atoms with van der Waals surface area (Å²) >= 11 is 0. The van der Waals surface area contributed by atoms with Crippen molar-refractivity contribution in [2.45, 2.75) is 26.2 Å². The lowest BCUT2D eigenvalue weighted by Gasteiger charge is -2.28. The Bertz CT molecular complexity index is 4500. The summed E-state index contributed by atoms with van der Waals surface area (Å²) in [4.78, 5) is 8.97. The van der Waals surface area contributed by atoms with Gasteiger partial charge in [-0.1, -0.05) is 209 Å². The highest BCUT2D eigenvalue weighted by molar-refractivity contribution is 6.09. The fraction of sp³-hybridized carbons (Fsp3) is 0.0714. The van der Waals surface area contributed by atoms with Gasteiger partial charge in [0.1, 0.15) is 35.5 Å². The van der Waals surface area contributed by atoms with Gasteiger partial charge in [0.2, 0.25) is 0 Å². The summed E-state index contributed by atoms with van der Waals surface area (Å²) in [5, 5.41) is 2.02. The van der Waals surface area contributed by atoms with Crippen molar-refractivity contribution in [2.24, 2.45) is 0 Å². The summed E-state index contributed by atoms with van der Waals surface area (Å²) in [6.07, 6.45) is 1.76. The van der Waals surface area contributed by atoms with Crippen LogP contribution >= 0.6 is 0 Å². The number of fused-ring (bicyclic) bond motifs is 4. The molecule has 0 spiro atoms. The summed E-state index contributed by atoms with van der Waals surface area (Å²) in [5.41, 5.74) is 8.98. The van der Waals surface area contributed by atoms with Gasteiger partial charge in [0.05, 0.1) is 41.8 Å². The molecule has 0 bridgehead atoms. The summed E-state index contributed by atoms with van der Waals surface area (Å²) in [7, 11) is 0. The Labute approximate surface area is 458 Å². The van der Waals surface area contributed by atoms with Gasteiger partial charge in [0, 0.05) is 63.1 Å². The fourth-order valence-corrected chi connectivity index (χ4v) is 10.3. The van der Waals surface area contributed by atoms with E-state index in [9.17, 15) is 0 Å². The first-order chi connectivity index (χ1) is 41.5. The summed E-state index contributed by atoms with van der Waals surface area (Å²) in [6.45, 7) is 6.46. The predicted molar refractivity (Wildman–Crippen MR) is 314 cm³/mol. The van der Waals surface area contributed by atoms with Crippen LogP contribution in [-0.4, -0.2) is 16.2 Å². The molecule has 12 aromatic rings. The minimum absolute atomic E-state index is 0.0843. The van der Waals surface area contributed by atoms with E-state index < -0.39 is 60.4 Å². The molecule has 2 aromatic heterocycles. The molecule has 76 heavy (non-hydrogen) atoms. The van der Waals surface area contributed by atoms with E-state index in [2.05, 4.69) is 97.0 Å². The van der Waals surface area contributed by atoms with Crippen molar-refractivity contribution in [3.63, 3.8) is 0 Å². The molecule has 0 fully saturated rings. The summed E-state index contributed by atoms with van der Waals surface area (Å²) < 4.78 is 104. The minimum atomic E-state index is -0.559. The molecule has 366 valence electrons. The molecule has 0 aliphatic carbocycles. The van der Waals surface area contributed by atoms with Gasteiger partial charge in [0.25, 0.3) is 0 Å². The number of aromatic nitrogens is 2. The molecule has 1 aliphatic heterocycles. The maximum atomic E-state index is 9.17. The fourth-order valence-electron chi connectivity index (χ4n) is 10.3. The molecule has 13 rings (SSSR count). The lowest BCUT2D eigenvalue weighted by Crippen LogP contribution is -2.25. The molecular weight excluding hydrogens is 929 g/mol. The van der Waals surface area contributed by atoms with Gasteiger partial charge >= 0.3 is 0 Å². The Hall–Kier alpha value is -9.65. The number of nitrogens with zero attached hydrogens (tertiary/aromatic N) is 4. The molecule has 0 N–H and O–H groups in total. The second-order valence-electron chi connectivity index (χ2n) is 19.7. The van der Waals surface area contributed by atoms with Gasteiger partial charge in [-0.15, -0.1) is 0 Å². The van der Waals surface area contributed by atoms with Crippen molar-refractivity contribution in [1.82, 2.24) is 9.55 Å². The van der Waals surface area contributed by atoms with Crippen LogP contribution in [0.2, 0.25) is 0 Å². The van der Waals surface area contributed by atoms with Gasteiger partial charge in [-0.05, 0) is 81.8 Å². The van der Waals surface area contributed by atoms with Crippen molar-refractivity contribution in [1.29, 1.82) is 0 Å². The Balaban J connectivity index is 0.918. The summed E-state index contributed by atoms with van der Waals surface area (Å²) in [5.74, 6) is 3.07. The van der Waals surface area contributed by atoms with Crippen LogP contribution in [-0.2, 0) is 5.41 Å². The van der Waals surface area contributed by atoms with E-state index in [1.54, 1.807) is 24.4 Å². The molecule has 0 saturated heterocycles. The quantitative estimate of drug-likeness (QED) is 0.129. The lowest BCUT2D eigenvalue weighted by atomic mass is 9.86. The number of hydrogen-bond acceptors (Lipinski definition) is 5. The zero-order valence-electron chi connectivity index (χ0n) is 51.9. The third-order valence-electron chi connectivity index (χ3n) is 13.9. The number of para-hydroxylation sites is 5. The topological polar surface area (TPSA) is 42.8 Å². The molecule has 0 saturated carbocycles. The number of hydrogen-bond donors (Lipinski definition) is 0. The maximum Gasteiger partial charge on any atom is 0.143 e. The van der Waals surface area contributed by atoms with E-state index in [0.29, 0.717) is 28.8 Å². The number of ether oxygens (including phenoxy) is 2. The van der Waals surface area contributed by atoms with Crippen molar-refractivity contribution in [2.75, 3.05) is 16.5 Å². The molecule has 10 aromatic carbocycles. The third-order valence-corrected chi connectivity index (χ3v) is 13.9. The molecule has 6 nitrogen and oxygen atoms in total. The van der Waals surface area contributed by atoms with Crippen LogP contribution in [0.25, 0.3) is 72.1 Å². The van der Waals surface area contributed by atoms with Crippen molar-refractivity contribution in [3.8, 4) is 73.3 Å². The van der Waals surface area contributed by atoms with Gasteiger partial charge in [-0.25, -0.2) is 4.98 Å². The molecule has 0 atom stereocenters. The van der Waals surface area contributed by atoms with Crippen LogP contribution in [0.4, 0.5) is 22.7 Å². The van der Waals surface area contributed by atoms with Gasteiger partial charge in [0.15, 0.2) is 0 Å². The van der Waals surface area contributed by atoms with Crippen LogP contribution in [0.15, 0.2) is 261 Å². The first-order valence-corrected chi connectivity index (χ1v) is 25.1. The van der Waals surface area contributed by atoms with E-state index in [-0.39, 0.29) is 40.0 Å². The highest BCUT2D eigenvalue weighted by Gasteiger charge is 2.32. The first kappa shape index (κ1) is 36.3. The Morgan fingerprint density at radius 2 is 1.01 bits per heavy atom. The molecule has 1 aliphatic rings. The number of pyridine rings is 1. The van der Waals surface area contributed by atoms with Crippen LogP contribution in [0.1, 0.15) is 40.0 Å². The van der Waals surface area contributed by atoms with E-state index in [1.165, 1.54) is 0 Å². The zero-order chi connectivity index (χ0) is 59.9. The number of benzene rings is 10. The lowest BCUT2D eigenvalue weighted by molar-refractivity contribution is 0.479. The van der Waals surface area contributed by atoms with Crippen LogP contribution in [0.5, 0.6) is 23.0 Å². The van der Waals surface area contributed by atoms with Gasteiger partial charge in [-0.3, -0.25) is 4.57 Å². The largest absolute Gasteiger partial charge is 0.457 e. The van der Waals surface area contributed by atoms with Crippen molar-refractivity contribution >= 4 is 44.6 Å². The standard InChI is InChI=1S/C70H54N4O2/c1-70(2,3)52-42-53(72-47-73(65-37-19-18-36-64(65)72)68-57(48-22-8-4-9-23-48)31-20-32-58(68)49-24-10-5-11-25-49)44-56(43-52)75-54-38-39-62-61-30-16-17-35-63(61)74(66(62)45-54)67-46-55(40-41-71-67)76-69-59(50-26-12-6-13-27-50)33-21-34-60(69)51-28-14-7-15-29-51/h4-46H,47H2,1-3H3/i4D,5D,8D,9D,10D,11D,22D,23D,24D,25D. The second kappa shape index (κ2) is 19.3. The normalized spacial score (nSPS) is 14.1. The minimum Gasteiger partial charge on any atom is -0.457 e. The van der Waals surface area contributed by atoms with Gasteiger partial charge < -0.3 is 19.3 Å². The molecule has 0 amide bonds. The molecule has 0 unspecified atom stereocenters. The van der Waals surface area contributed by atoms with Crippen LogP contribution < -0.4 is 19.3 Å². The maximum absolute atomic E-state index is 9.17. The first-order valence-electron chi connectivity index (χ1n) is 30.1. The van der Waals surface area contributed by atoms with E-state index in [0.717, 1.165) is 66.7 Å². The zero-order valence-corrected chi connectivity index (χ0v) is 41.9. The predicted octanol–water partition coefficient (Wildman–Crippen LogP) is 19.0. The Morgan fingerprint density at radius 1 is 0.447 bits per heavy atom. The average molecular weight is 993 g/mol. The average Bonchev–Trinajstić information content (AvgIpc) is 2.47. The van der Waals surface area contributed by atoms with Gasteiger partial charge in [-0.2, -0.15) is 0 Å². The molecule has 6 heteroatoms. The molecular formula is C70H54N4O2. The van der Waals surface area contributed by atoms with Crippen LogP contribution in [0, 0.1) is 0 Å². The number of anilines is 4. The molecule has 3 heterocycles. The SMILES string of the molecule is [2H]c1c([2H])c([2H])c(-c2cccc(-c3c([2H])c([2H])c([2H])c([2H])c3[2H])c2N2CN(c3cc(Oc4ccc5c6ccccc6n(-c6cc(Oc7c(-c8ccccc8)cccc7-c7ccccc7)ccn6)c5c4)cc(C(C)(C)C)c3)c3ccccc32)c([2H])c1[2H]. The van der Waals surface area contributed by atoms with Crippen molar-refractivity contribution in [3.05, 3.63) is 266 Å². The second-order valence-corrected chi connectivity index (χ2v) is 19.7. The monoisotopic (exact) mass is 992 g/mol. The van der Waals surface area contributed by atoms with E-state index in [4.69, 9.17) is 28.2 Å².